The van der Waals surface area contributed by atoms with Gasteiger partial charge in [0.1, 0.15) is 5.75 Å². The molecule has 1 aromatic carbocycles. The van der Waals surface area contributed by atoms with Gasteiger partial charge in [0.2, 0.25) is 0 Å². The second-order valence-corrected chi connectivity index (χ2v) is 2.84. The number of benzene rings is 1. The van der Waals surface area contributed by atoms with Gasteiger partial charge >= 0.3 is 0 Å². The molecule has 0 aliphatic heterocycles. The number of hydrogen-bond acceptors (Lipinski definition) is 1. The molecule has 1 nitrogen and oxygen atoms in total. The molecule has 64 valence electrons. The van der Waals surface area contributed by atoms with Gasteiger partial charge in [0.05, 0.1) is 0 Å². The summed E-state index contributed by atoms with van der Waals surface area (Å²) in [5, 5.41) is 9.50. The average molecular weight is 249 g/mol. The Labute approximate surface area is 96.9 Å². The summed E-state index contributed by atoms with van der Waals surface area (Å²) in [6.45, 7) is 0. The summed E-state index contributed by atoms with van der Waals surface area (Å²) in [6.07, 6.45) is 7.07. The smallest absolute Gasteiger partial charge is 0.123 e. The molecule has 13 heavy (non-hydrogen) atoms. The second-order valence-electron chi connectivity index (χ2n) is 2.84. The molecule has 0 atom stereocenters. The van der Waals surface area contributed by atoms with Gasteiger partial charge < -0.3 is 5.11 Å². The van der Waals surface area contributed by atoms with E-state index in [4.69, 9.17) is 0 Å². The van der Waals surface area contributed by atoms with Gasteiger partial charge in [0.15, 0.2) is 0 Å². The maximum Gasteiger partial charge on any atom is 0.123 e. The van der Waals surface area contributed by atoms with Gasteiger partial charge in [-0.3, -0.25) is 0 Å². The van der Waals surface area contributed by atoms with Crippen molar-refractivity contribution in [3.8, 4) is 5.75 Å². The van der Waals surface area contributed by atoms with Crippen molar-refractivity contribution in [2.75, 3.05) is 0 Å². The normalized spacial score (nSPS) is 13.7. The molecule has 0 aromatic heterocycles. The quantitative estimate of drug-likeness (QED) is 0.811. The topological polar surface area (TPSA) is 20.2 Å². The molecule has 2 heteroatoms. The number of phenolic OH excluding ortho intramolecular Hbond substituents is 1. The van der Waals surface area contributed by atoms with E-state index in [2.05, 4.69) is 6.08 Å². The third-order valence-corrected chi connectivity index (χ3v) is 2.02. The fourth-order valence-electron chi connectivity index (χ4n) is 1.39. The van der Waals surface area contributed by atoms with Crippen molar-refractivity contribution in [3.63, 3.8) is 0 Å². The Morgan fingerprint density at radius 2 is 1.92 bits per heavy atom. The Balaban J connectivity index is 0.000000845. The van der Waals surface area contributed by atoms with Crippen LogP contribution < -0.4 is 0 Å². The molecule has 1 aliphatic rings. The maximum absolute atomic E-state index is 9.50. The van der Waals surface area contributed by atoms with Crippen molar-refractivity contribution in [2.45, 2.75) is 6.42 Å². The summed E-state index contributed by atoms with van der Waals surface area (Å²) in [6, 6.07) is 7.43. The molecule has 0 radical (unpaired) electrons. The first-order valence-electron chi connectivity index (χ1n) is 4.02. The summed E-state index contributed by atoms with van der Waals surface area (Å²) in [5.74, 6) is 0.368. The molecule has 0 fully saturated rings. The van der Waals surface area contributed by atoms with Gasteiger partial charge in [0.25, 0.3) is 0 Å². The van der Waals surface area contributed by atoms with Crippen molar-refractivity contribution >= 4 is 5.57 Å². The summed E-state index contributed by atoms with van der Waals surface area (Å²) >= 11 is 0. The number of hydrogen-bond donors (Lipinski definition) is 1. The average Bonchev–Trinajstić information content (AvgIpc) is 2.57. The van der Waals surface area contributed by atoms with E-state index in [-0.39, 0.29) is 26.2 Å². The van der Waals surface area contributed by atoms with Gasteiger partial charge in [-0.15, -0.1) is 0 Å². The van der Waals surface area contributed by atoms with Crippen molar-refractivity contribution in [1.82, 2.24) is 0 Å². The summed E-state index contributed by atoms with van der Waals surface area (Å²) in [5.41, 5.74) is 2.13. The monoisotopic (exact) mass is 248 g/mol. The molecule has 1 aromatic rings. The first-order chi connectivity index (χ1) is 5.88. The third-order valence-electron chi connectivity index (χ3n) is 2.02. The molecule has 0 saturated carbocycles. The summed E-state index contributed by atoms with van der Waals surface area (Å²) in [4.78, 5) is 0. The van der Waals surface area contributed by atoms with Gasteiger partial charge in [-0.1, -0.05) is 36.4 Å². The van der Waals surface area contributed by atoms with Crippen molar-refractivity contribution < 1.29 is 31.3 Å². The van der Waals surface area contributed by atoms with E-state index >= 15 is 0 Å². The van der Waals surface area contributed by atoms with Crippen LogP contribution >= 0.6 is 0 Å². The van der Waals surface area contributed by atoms with Gasteiger partial charge in [-0.25, -0.2) is 0 Å². The van der Waals surface area contributed by atoms with Gasteiger partial charge in [-0.2, -0.15) is 0 Å². The van der Waals surface area contributed by atoms with Crippen molar-refractivity contribution in [1.29, 1.82) is 0 Å². The zero-order valence-corrected chi connectivity index (χ0v) is 9.65. The van der Waals surface area contributed by atoms with Crippen LogP contribution in [0.5, 0.6) is 5.75 Å². The van der Waals surface area contributed by atoms with Crippen LogP contribution in [-0.4, -0.2) is 5.11 Å². The second kappa shape index (κ2) is 4.57. The predicted molar refractivity (Wildman–Crippen MR) is 49.8 cm³/mol. The molecule has 1 aliphatic carbocycles. The number of para-hydroxylation sites is 1. The number of rotatable bonds is 1. The van der Waals surface area contributed by atoms with Crippen molar-refractivity contribution in [3.05, 3.63) is 48.1 Å². The van der Waals surface area contributed by atoms with Crippen LogP contribution in [-0.2, 0) is 26.2 Å². The van der Waals surface area contributed by atoms with Crippen LogP contribution in [0.3, 0.4) is 0 Å². The Morgan fingerprint density at radius 3 is 2.54 bits per heavy atom. The SMILES string of the molecule is Oc1ccccc1C1=CC=CC1.[Zr]. The fourth-order valence-corrected chi connectivity index (χ4v) is 1.39. The van der Waals surface area contributed by atoms with Gasteiger partial charge in [-0.05, 0) is 18.1 Å². The number of phenols is 1. The first-order valence-corrected chi connectivity index (χ1v) is 4.02. The van der Waals surface area contributed by atoms with Gasteiger partial charge in [0, 0.05) is 31.8 Å². The Hall–Kier alpha value is -0.617. The van der Waals surface area contributed by atoms with E-state index in [1.54, 1.807) is 6.07 Å². The molecule has 0 saturated heterocycles. The minimum atomic E-state index is 0. The molecule has 0 unspecified atom stereocenters. The van der Waals surface area contributed by atoms with E-state index < -0.39 is 0 Å². The fraction of sp³-hybridized carbons (Fsp3) is 0.0909. The third kappa shape index (κ3) is 2.19. The number of allylic oxidation sites excluding steroid dienone is 4. The molecule has 0 spiro atoms. The van der Waals surface area contributed by atoms with Crippen molar-refractivity contribution in [2.24, 2.45) is 0 Å². The summed E-state index contributed by atoms with van der Waals surface area (Å²) < 4.78 is 0. The molecule has 0 heterocycles. The molecular formula is C11H10OZr. The summed E-state index contributed by atoms with van der Waals surface area (Å²) in [7, 11) is 0. The van der Waals surface area contributed by atoms with Crippen LogP contribution in [0, 0.1) is 0 Å². The van der Waals surface area contributed by atoms with Crippen LogP contribution in [0.25, 0.3) is 5.57 Å². The zero-order chi connectivity index (χ0) is 8.39. The molecular weight excluding hydrogens is 239 g/mol. The number of aromatic hydroxyl groups is 1. The van der Waals surface area contributed by atoms with E-state index in [0.29, 0.717) is 5.75 Å². The molecule has 2 rings (SSSR count). The largest absolute Gasteiger partial charge is 0.507 e. The Kier molecular flexibility index (Phi) is 3.68. The minimum Gasteiger partial charge on any atom is -0.507 e. The van der Waals surface area contributed by atoms with Crippen LogP contribution in [0.4, 0.5) is 0 Å². The van der Waals surface area contributed by atoms with Crippen LogP contribution in [0.1, 0.15) is 12.0 Å². The predicted octanol–water partition coefficient (Wildman–Crippen LogP) is 2.73. The van der Waals surface area contributed by atoms with E-state index in [1.165, 1.54) is 5.57 Å². The Morgan fingerprint density at radius 1 is 1.15 bits per heavy atom. The maximum atomic E-state index is 9.50. The zero-order valence-electron chi connectivity index (χ0n) is 7.20. The molecule has 0 amide bonds. The molecule has 1 N–H and O–H groups in total. The molecule has 0 bridgehead atoms. The first kappa shape index (κ1) is 10.5. The standard InChI is InChI=1S/C11H10O.Zr/c12-11-8-4-3-7-10(11)9-5-1-2-6-9;/h1-5,7-8,12H,6H2;. The van der Waals surface area contributed by atoms with E-state index in [9.17, 15) is 5.11 Å². The van der Waals surface area contributed by atoms with Crippen LogP contribution in [0.2, 0.25) is 0 Å². The Bertz CT molecular complexity index is 353. The van der Waals surface area contributed by atoms with Crippen LogP contribution in [0.15, 0.2) is 42.5 Å². The van der Waals surface area contributed by atoms with E-state index in [1.807, 2.05) is 30.4 Å². The minimum absolute atomic E-state index is 0. The van der Waals surface area contributed by atoms with E-state index in [0.717, 1.165) is 12.0 Å².